The molecule has 2 rings (SSSR count). The highest BCUT2D eigenvalue weighted by Crippen LogP contribution is 2.50. The first-order valence-corrected chi connectivity index (χ1v) is 5.63. The van der Waals surface area contributed by atoms with Gasteiger partial charge in [-0.1, -0.05) is 26.0 Å². The van der Waals surface area contributed by atoms with E-state index in [1.165, 1.54) is 12.0 Å². The average Bonchev–Trinajstić information content (AvgIpc) is 2.74. The smallest absolute Gasteiger partial charge is 0.0317 e. The van der Waals surface area contributed by atoms with Crippen LogP contribution in [0.4, 0.5) is 5.69 Å². The van der Waals surface area contributed by atoms with Crippen LogP contribution >= 0.6 is 0 Å². The fourth-order valence-electron chi connectivity index (χ4n) is 2.02. The van der Waals surface area contributed by atoms with Crippen LogP contribution in [0.15, 0.2) is 24.3 Å². The van der Waals surface area contributed by atoms with E-state index in [0.29, 0.717) is 5.41 Å². The summed E-state index contributed by atoms with van der Waals surface area (Å²) < 4.78 is 0. The quantitative estimate of drug-likeness (QED) is 0.739. The van der Waals surface area contributed by atoms with Crippen LogP contribution in [-0.2, 0) is 6.54 Å². The van der Waals surface area contributed by atoms with Gasteiger partial charge in [-0.25, -0.2) is 0 Å². The van der Waals surface area contributed by atoms with E-state index in [4.69, 9.17) is 5.73 Å². The topological polar surface area (TPSA) is 38.0 Å². The van der Waals surface area contributed by atoms with Gasteiger partial charge in [0, 0.05) is 12.2 Å². The minimum absolute atomic E-state index is 0.572. The molecule has 0 bridgehead atoms. The predicted molar refractivity (Wildman–Crippen MR) is 64.4 cm³/mol. The second kappa shape index (κ2) is 3.86. The Morgan fingerprint density at radius 1 is 1.47 bits per heavy atom. The highest BCUT2D eigenvalue weighted by molar-refractivity contribution is 5.40. The molecule has 1 saturated carbocycles. The molecule has 0 heterocycles. The molecular weight excluding hydrogens is 184 g/mol. The van der Waals surface area contributed by atoms with Gasteiger partial charge in [-0.05, 0) is 42.0 Å². The van der Waals surface area contributed by atoms with E-state index in [9.17, 15) is 0 Å². The standard InChI is InChI=1S/C13H20N2/c1-13(2)7-11(13)9-15-8-10-4-3-5-12(14)6-10/h3-6,11,15H,7-9,14H2,1-2H3. The fraction of sp³-hybridized carbons (Fsp3) is 0.538. The molecule has 0 saturated heterocycles. The third kappa shape index (κ3) is 2.72. The lowest BCUT2D eigenvalue weighted by molar-refractivity contribution is 0.519. The SMILES string of the molecule is CC1(C)CC1CNCc1cccc(N)c1. The third-order valence-corrected chi connectivity index (χ3v) is 3.39. The molecule has 0 aromatic heterocycles. The monoisotopic (exact) mass is 204 g/mol. The van der Waals surface area contributed by atoms with E-state index in [-0.39, 0.29) is 0 Å². The average molecular weight is 204 g/mol. The van der Waals surface area contributed by atoms with Crippen molar-refractivity contribution in [1.29, 1.82) is 0 Å². The van der Waals surface area contributed by atoms with Gasteiger partial charge in [-0.2, -0.15) is 0 Å². The van der Waals surface area contributed by atoms with Crippen molar-refractivity contribution in [1.82, 2.24) is 5.32 Å². The van der Waals surface area contributed by atoms with Crippen molar-refractivity contribution in [2.24, 2.45) is 11.3 Å². The van der Waals surface area contributed by atoms with E-state index in [1.807, 2.05) is 18.2 Å². The number of rotatable bonds is 4. The van der Waals surface area contributed by atoms with Crippen LogP contribution in [-0.4, -0.2) is 6.54 Å². The van der Waals surface area contributed by atoms with Crippen molar-refractivity contribution in [2.75, 3.05) is 12.3 Å². The molecule has 1 atom stereocenters. The first-order chi connectivity index (χ1) is 7.08. The van der Waals surface area contributed by atoms with Crippen molar-refractivity contribution in [3.8, 4) is 0 Å². The maximum Gasteiger partial charge on any atom is 0.0317 e. The van der Waals surface area contributed by atoms with Crippen LogP contribution in [0, 0.1) is 11.3 Å². The molecule has 2 heteroatoms. The van der Waals surface area contributed by atoms with Gasteiger partial charge in [0.2, 0.25) is 0 Å². The molecule has 1 aliphatic rings. The van der Waals surface area contributed by atoms with Gasteiger partial charge >= 0.3 is 0 Å². The first-order valence-electron chi connectivity index (χ1n) is 5.63. The molecule has 3 N–H and O–H groups in total. The Labute approximate surface area is 91.9 Å². The Morgan fingerprint density at radius 2 is 2.20 bits per heavy atom. The molecule has 1 aromatic carbocycles. The molecule has 0 spiro atoms. The fourth-order valence-corrected chi connectivity index (χ4v) is 2.02. The summed E-state index contributed by atoms with van der Waals surface area (Å²) in [4.78, 5) is 0. The highest BCUT2D eigenvalue weighted by atomic mass is 14.9. The minimum atomic E-state index is 0.572. The Kier molecular flexibility index (Phi) is 2.70. The van der Waals surface area contributed by atoms with E-state index in [0.717, 1.165) is 24.7 Å². The predicted octanol–water partition coefficient (Wildman–Crippen LogP) is 2.40. The maximum absolute atomic E-state index is 5.72. The molecule has 1 fully saturated rings. The van der Waals surface area contributed by atoms with E-state index in [1.54, 1.807) is 0 Å². The van der Waals surface area contributed by atoms with Gasteiger partial charge in [0.05, 0.1) is 0 Å². The minimum Gasteiger partial charge on any atom is -0.399 e. The molecule has 0 aliphatic heterocycles. The molecule has 0 amide bonds. The summed E-state index contributed by atoms with van der Waals surface area (Å²) in [6, 6.07) is 8.08. The van der Waals surface area contributed by atoms with Gasteiger partial charge in [0.15, 0.2) is 0 Å². The summed E-state index contributed by atoms with van der Waals surface area (Å²) in [5.74, 6) is 0.860. The number of nitrogens with two attached hydrogens (primary N) is 1. The summed E-state index contributed by atoms with van der Waals surface area (Å²) in [5, 5.41) is 3.49. The number of nitrogens with one attached hydrogen (secondary N) is 1. The summed E-state index contributed by atoms with van der Waals surface area (Å²) in [6.45, 7) is 6.72. The molecule has 1 aliphatic carbocycles. The summed E-state index contributed by atoms with van der Waals surface area (Å²) in [5.41, 5.74) is 8.41. The number of hydrogen-bond donors (Lipinski definition) is 2. The van der Waals surface area contributed by atoms with Crippen LogP contribution in [0.25, 0.3) is 0 Å². The zero-order chi connectivity index (χ0) is 10.9. The zero-order valence-corrected chi connectivity index (χ0v) is 9.59. The second-order valence-electron chi connectivity index (χ2n) is 5.27. The lowest BCUT2D eigenvalue weighted by Crippen LogP contribution is -2.18. The van der Waals surface area contributed by atoms with Crippen molar-refractivity contribution < 1.29 is 0 Å². The summed E-state index contributed by atoms with van der Waals surface area (Å²) >= 11 is 0. The number of hydrogen-bond acceptors (Lipinski definition) is 2. The Bertz CT molecular complexity index is 344. The van der Waals surface area contributed by atoms with Gasteiger partial charge in [-0.15, -0.1) is 0 Å². The summed E-state index contributed by atoms with van der Waals surface area (Å²) in [7, 11) is 0. The van der Waals surface area contributed by atoms with Crippen LogP contribution in [0.3, 0.4) is 0 Å². The maximum atomic E-state index is 5.72. The summed E-state index contributed by atoms with van der Waals surface area (Å²) in [6.07, 6.45) is 1.36. The van der Waals surface area contributed by atoms with Gasteiger partial charge in [0.25, 0.3) is 0 Å². The van der Waals surface area contributed by atoms with Crippen molar-refractivity contribution in [2.45, 2.75) is 26.8 Å². The molecule has 1 aromatic rings. The van der Waals surface area contributed by atoms with Crippen molar-refractivity contribution in [3.63, 3.8) is 0 Å². The zero-order valence-electron chi connectivity index (χ0n) is 9.59. The molecule has 0 radical (unpaired) electrons. The van der Waals surface area contributed by atoms with Crippen LogP contribution in [0.5, 0.6) is 0 Å². The van der Waals surface area contributed by atoms with E-state index in [2.05, 4.69) is 25.2 Å². The number of nitrogen functional groups attached to an aromatic ring is 1. The van der Waals surface area contributed by atoms with Crippen LogP contribution in [0.2, 0.25) is 0 Å². The first kappa shape index (κ1) is 10.5. The molecule has 2 nitrogen and oxygen atoms in total. The normalized spacial score (nSPS) is 22.7. The van der Waals surface area contributed by atoms with Gasteiger partial charge in [0.1, 0.15) is 0 Å². The molecule has 15 heavy (non-hydrogen) atoms. The lowest BCUT2D eigenvalue weighted by atomic mass is 10.1. The van der Waals surface area contributed by atoms with E-state index >= 15 is 0 Å². The highest BCUT2D eigenvalue weighted by Gasteiger charge is 2.44. The van der Waals surface area contributed by atoms with Crippen LogP contribution in [0.1, 0.15) is 25.8 Å². The van der Waals surface area contributed by atoms with Gasteiger partial charge < -0.3 is 11.1 Å². The van der Waals surface area contributed by atoms with Crippen molar-refractivity contribution in [3.05, 3.63) is 29.8 Å². The van der Waals surface area contributed by atoms with Crippen molar-refractivity contribution >= 4 is 5.69 Å². The van der Waals surface area contributed by atoms with Gasteiger partial charge in [-0.3, -0.25) is 0 Å². The molecular formula is C13H20N2. The Balaban J connectivity index is 1.75. The Hall–Kier alpha value is -1.02. The molecule has 82 valence electrons. The lowest BCUT2D eigenvalue weighted by Gasteiger charge is -2.06. The Morgan fingerprint density at radius 3 is 2.80 bits per heavy atom. The number of anilines is 1. The third-order valence-electron chi connectivity index (χ3n) is 3.39. The number of benzene rings is 1. The van der Waals surface area contributed by atoms with Crippen LogP contribution < -0.4 is 11.1 Å². The molecule has 1 unspecified atom stereocenters. The van der Waals surface area contributed by atoms with E-state index < -0.39 is 0 Å². The largest absolute Gasteiger partial charge is 0.399 e. The second-order valence-corrected chi connectivity index (χ2v) is 5.27.